The van der Waals surface area contributed by atoms with Gasteiger partial charge >= 0.3 is 0 Å². The number of carbonyl (C=O) groups excluding carboxylic acids is 1. The minimum Gasteiger partial charge on any atom is -0.369 e. The van der Waals surface area contributed by atoms with Crippen molar-refractivity contribution in [1.82, 2.24) is 20.1 Å². The summed E-state index contributed by atoms with van der Waals surface area (Å²) in [5, 5.41) is 20.6. The molecule has 0 radical (unpaired) electrons. The lowest BCUT2D eigenvalue weighted by Gasteiger charge is -2.34. The molecule has 1 aromatic carbocycles. The second kappa shape index (κ2) is 7.24. The molecule has 1 amide bonds. The van der Waals surface area contributed by atoms with E-state index in [2.05, 4.69) is 37.3 Å². The smallest absolute Gasteiger partial charge is 0.288 e. The van der Waals surface area contributed by atoms with E-state index in [4.69, 9.17) is 0 Å². The van der Waals surface area contributed by atoms with Crippen molar-refractivity contribution in [2.45, 2.75) is 0 Å². The Morgan fingerprint density at radius 1 is 1.21 bits per heavy atom. The number of carbonyl (C=O) groups is 1. The number of nitro groups is 1. The summed E-state index contributed by atoms with van der Waals surface area (Å²) in [6.07, 6.45) is 1.11. The summed E-state index contributed by atoms with van der Waals surface area (Å²) in [6, 6.07) is 8.91. The Labute approximate surface area is 160 Å². The normalized spacial score (nSPS) is 15.0. The first kappa shape index (κ1) is 17.9. The summed E-state index contributed by atoms with van der Waals surface area (Å²) < 4.78 is 0. The average Bonchev–Trinajstić information content (AvgIpc) is 3.12. The lowest BCUT2D eigenvalue weighted by molar-refractivity contribution is -0.385. The summed E-state index contributed by atoms with van der Waals surface area (Å²) in [5.74, 6) is -0.433. The Kier molecular flexibility index (Phi) is 4.62. The molecule has 0 aliphatic carbocycles. The van der Waals surface area contributed by atoms with Crippen molar-refractivity contribution in [3.05, 3.63) is 52.3 Å². The Bertz CT molecular complexity index is 1020. The molecular weight excluding hydrogens is 362 g/mol. The van der Waals surface area contributed by atoms with Gasteiger partial charge in [-0.3, -0.25) is 20.0 Å². The summed E-state index contributed by atoms with van der Waals surface area (Å²) in [5.41, 5.74) is 1.93. The largest absolute Gasteiger partial charge is 0.369 e. The molecule has 0 saturated carbocycles. The number of nitrogens with zero attached hydrogens (tertiary/aromatic N) is 5. The van der Waals surface area contributed by atoms with Crippen molar-refractivity contribution in [2.24, 2.45) is 0 Å². The van der Waals surface area contributed by atoms with Gasteiger partial charge in [0.15, 0.2) is 5.65 Å². The van der Waals surface area contributed by atoms with Gasteiger partial charge in [0.1, 0.15) is 11.9 Å². The van der Waals surface area contributed by atoms with Crippen LogP contribution in [0.4, 0.5) is 17.1 Å². The van der Waals surface area contributed by atoms with Crippen LogP contribution in [0.3, 0.4) is 0 Å². The van der Waals surface area contributed by atoms with Crippen LogP contribution in [0.2, 0.25) is 0 Å². The molecule has 2 aromatic heterocycles. The van der Waals surface area contributed by atoms with Crippen LogP contribution in [-0.2, 0) is 0 Å². The zero-order chi connectivity index (χ0) is 19.7. The molecule has 4 rings (SSSR count). The third-order valence-corrected chi connectivity index (χ3v) is 4.83. The molecule has 1 aliphatic rings. The molecule has 0 unspecified atom stereocenters. The molecule has 10 heteroatoms. The van der Waals surface area contributed by atoms with Crippen LogP contribution >= 0.6 is 0 Å². The molecule has 1 aliphatic heterocycles. The second-order valence-corrected chi connectivity index (χ2v) is 6.71. The average molecular weight is 381 g/mol. The predicted molar refractivity (Wildman–Crippen MR) is 105 cm³/mol. The number of pyridine rings is 1. The Morgan fingerprint density at radius 2 is 1.93 bits per heavy atom. The van der Waals surface area contributed by atoms with Gasteiger partial charge in [0.05, 0.1) is 10.3 Å². The third kappa shape index (κ3) is 3.49. The van der Waals surface area contributed by atoms with Gasteiger partial charge in [-0.1, -0.05) is 0 Å². The standard InChI is InChI=1S/C18H19N7O3/c1-23-6-8-24(9-7-23)13-4-2-12(3-5-13)20-18(26)16-15-10-14(25(27)28)11-19-17(15)22-21-16/h2-5,10-11H,6-9H2,1H3,(H,20,26)(H,19,21,22). The van der Waals surface area contributed by atoms with Gasteiger partial charge < -0.3 is 15.1 Å². The number of anilines is 2. The lowest BCUT2D eigenvalue weighted by Crippen LogP contribution is -2.44. The summed E-state index contributed by atoms with van der Waals surface area (Å²) in [4.78, 5) is 31.5. The monoisotopic (exact) mass is 381 g/mol. The van der Waals surface area contributed by atoms with Crippen molar-refractivity contribution in [1.29, 1.82) is 0 Å². The van der Waals surface area contributed by atoms with Crippen molar-refractivity contribution < 1.29 is 9.72 Å². The van der Waals surface area contributed by atoms with E-state index in [0.29, 0.717) is 11.1 Å². The first-order chi connectivity index (χ1) is 13.5. The Morgan fingerprint density at radius 3 is 2.61 bits per heavy atom. The fraction of sp³-hybridized carbons (Fsp3) is 0.278. The highest BCUT2D eigenvalue weighted by Gasteiger charge is 2.18. The minimum absolute atomic E-state index is 0.134. The number of hydrogen-bond acceptors (Lipinski definition) is 7. The molecule has 3 aromatic rings. The van der Waals surface area contributed by atoms with E-state index in [1.807, 2.05) is 24.3 Å². The molecular formula is C18H19N7O3. The molecule has 1 fully saturated rings. The predicted octanol–water partition coefficient (Wildman–Crippen LogP) is 1.87. The highest BCUT2D eigenvalue weighted by atomic mass is 16.6. The molecule has 28 heavy (non-hydrogen) atoms. The molecule has 0 atom stereocenters. The first-order valence-electron chi connectivity index (χ1n) is 8.85. The number of fused-ring (bicyclic) bond motifs is 1. The molecule has 0 bridgehead atoms. The summed E-state index contributed by atoms with van der Waals surface area (Å²) >= 11 is 0. The van der Waals surface area contributed by atoms with Crippen molar-refractivity contribution in [2.75, 3.05) is 43.4 Å². The number of piperazine rings is 1. The fourth-order valence-corrected chi connectivity index (χ4v) is 3.18. The molecule has 1 saturated heterocycles. The van der Waals surface area contributed by atoms with Crippen molar-refractivity contribution in [3.8, 4) is 0 Å². The molecule has 2 N–H and O–H groups in total. The summed E-state index contributed by atoms with van der Waals surface area (Å²) in [7, 11) is 2.11. The maximum Gasteiger partial charge on any atom is 0.288 e. The van der Waals surface area contributed by atoms with Gasteiger partial charge in [0.25, 0.3) is 11.6 Å². The summed E-state index contributed by atoms with van der Waals surface area (Å²) in [6.45, 7) is 3.97. The van der Waals surface area contributed by atoms with Gasteiger partial charge in [-0.05, 0) is 31.3 Å². The quantitative estimate of drug-likeness (QED) is 0.523. The number of amides is 1. The van der Waals surface area contributed by atoms with Gasteiger partial charge in [-0.2, -0.15) is 5.10 Å². The molecule has 10 nitrogen and oxygen atoms in total. The number of benzene rings is 1. The van der Waals surface area contributed by atoms with Gasteiger partial charge in [-0.25, -0.2) is 4.98 Å². The van der Waals surface area contributed by atoms with Crippen LogP contribution in [0.15, 0.2) is 36.5 Å². The Hall–Kier alpha value is -3.53. The molecule has 0 spiro atoms. The van der Waals surface area contributed by atoms with Crippen molar-refractivity contribution in [3.63, 3.8) is 0 Å². The second-order valence-electron chi connectivity index (χ2n) is 6.71. The Balaban J connectivity index is 1.50. The van der Waals surface area contributed by atoms with Crippen LogP contribution in [-0.4, -0.2) is 64.1 Å². The molecule has 144 valence electrons. The van der Waals surface area contributed by atoms with Crippen molar-refractivity contribution >= 4 is 34.0 Å². The number of rotatable bonds is 4. The maximum atomic E-state index is 12.6. The van der Waals surface area contributed by atoms with Gasteiger partial charge in [0, 0.05) is 43.6 Å². The van der Waals surface area contributed by atoms with Crippen LogP contribution < -0.4 is 10.2 Å². The van der Waals surface area contributed by atoms with E-state index in [1.54, 1.807) is 0 Å². The van der Waals surface area contributed by atoms with Crippen LogP contribution in [0.25, 0.3) is 11.0 Å². The highest BCUT2D eigenvalue weighted by Crippen LogP contribution is 2.22. The van der Waals surface area contributed by atoms with E-state index in [0.717, 1.165) is 38.1 Å². The highest BCUT2D eigenvalue weighted by molar-refractivity contribution is 6.10. The van der Waals surface area contributed by atoms with Gasteiger partial charge in [-0.15, -0.1) is 0 Å². The topological polar surface area (TPSA) is 120 Å². The third-order valence-electron chi connectivity index (χ3n) is 4.83. The number of nitrogens with one attached hydrogen (secondary N) is 2. The zero-order valence-corrected chi connectivity index (χ0v) is 15.3. The van der Waals surface area contributed by atoms with E-state index >= 15 is 0 Å². The first-order valence-corrected chi connectivity index (χ1v) is 8.85. The number of H-pyrrole nitrogens is 1. The SMILES string of the molecule is CN1CCN(c2ccc(NC(=O)c3[nH]nc4ncc([N+](=O)[O-])cc34)cc2)CC1. The number of aromatic amines is 1. The molecule has 3 heterocycles. The number of likely N-dealkylation sites (N-methyl/N-ethyl adjacent to an activating group) is 1. The van der Waals surface area contributed by atoms with Crippen LogP contribution in [0.5, 0.6) is 0 Å². The zero-order valence-electron chi connectivity index (χ0n) is 15.3. The fourth-order valence-electron chi connectivity index (χ4n) is 3.18. The van der Waals surface area contributed by atoms with E-state index in [9.17, 15) is 14.9 Å². The van der Waals surface area contributed by atoms with Crippen LogP contribution in [0, 0.1) is 10.1 Å². The van der Waals surface area contributed by atoms with Gasteiger partial charge in [0.2, 0.25) is 0 Å². The number of hydrogen-bond donors (Lipinski definition) is 2. The van der Waals surface area contributed by atoms with E-state index in [-0.39, 0.29) is 17.0 Å². The van der Waals surface area contributed by atoms with E-state index < -0.39 is 10.8 Å². The minimum atomic E-state index is -0.557. The maximum absolute atomic E-state index is 12.6. The van der Waals surface area contributed by atoms with E-state index in [1.165, 1.54) is 6.07 Å². The van der Waals surface area contributed by atoms with Crippen LogP contribution in [0.1, 0.15) is 10.5 Å². The lowest BCUT2D eigenvalue weighted by atomic mass is 10.2. The number of aromatic nitrogens is 3.